The quantitative estimate of drug-likeness (QED) is 0.685. The molecule has 0 aromatic rings. The van der Waals surface area contributed by atoms with E-state index in [0.717, 1.165) is 13.0 Å². The van der Waals surface area contributed by atoms with Crippen molar-refractivity contribution in [2.75, 3.05) is 20.2 Å². The maximum absolute atomic E-state index is 11.2. The normalized spacial score (nSPS) is 18.6. The zero-order valence-electron chi connectivity index (χ0n) is 8.23. The minimum atomic E-state index is -0.900. The van der Waals surface area contributed by atoms with E-state index < -0.39 is 12.1 Å². The summed E-state index contributed by atoms with van der Waals surface area (Å²) in [6, 6.07) is 0. The first-order valence-corrected chi connectivity index (χ1v) is 4.66. The van der Waals surface area contributed by atoms with Gasteiger partial charge in [0.05, 0.1) is 12.5 Å². The van der Waals surface area contributed by atoms with Crippen molar-refractivity contribution in [3.63, 3.8) is 0 Å². The molecule has 0 bridgehead atoms. The highest BCUT2D eigenvalue weighted by Crippen LogP contribution is 2.11. The molecule has 1 rings (SSSR count). The Kier molecular flexibility index (Phi) is 3.88. The fourth-order valence-electron chi connectivity index (χ4n) is 1.56. The first kappa shape index (κ1) is 11.0. The van der Waals surface area contributed by atoms with Crippen LogP contribution >= 0.6 is 0 Å². The Labute approximate surface area is 82.6 Å². The number of hydrogen-bond acceptors (Lipinski definition) is 3. The van der Waals surface area contributed by atoms with Crippen LogP contribution in [0.15, 0.2) is 0 Å². The molecule has 1 aliphatic heterocycles. The van der Waals surface area contributed by atoms with E-state index >= 15 is 0 Å². The van der Waals surface area contributed by atoms with Crippen LogP contribution in [0.2, 0.25) is 0 Å². The second-order valence-electron chi connectivity index (χ2n) is 3.40. The van der Waals surface area contributed by atoms with E-state index in [0.29, 0.717) is 13.0 Å². The lowest BCUT2D eigenvalue weighted by Crippen LogP contribution is -2.35. The predicted octanol–water partition coefficient (Wildman–Crippen LogP) is 0.0985. The van der Waals surface area contributed by atoms with Gasteiger partial charge in [-0.25, -0.2) is 0 Å². The number of rotatable bonds is 5. The van der Waals surface area contributed by atoms with Gasteiger partial charge in [0.1, 0.15) is 0 Å². The molecule has 5 heteroatoms. The summed E-state index contributed by atoms with van der Waals surface area (Å²) in [5.41, 5.74) is 0. The number of methoxy groups -OCH3 is 1. The van der Waals surface area contributed by atoms with Gasteiger partial charge in [0.25, 0.3) is 0 Å². The number of carbonyl (C=O) groups excluding carboxylic acids is 1. The molecule has 80 valence electrons. The summed E-state index contributed by atoms with van der Waals surface area (Å²) >= 11 is 0. The van der Waals surface area contributed by atoms with Crippen molar-refractivity contribution in [1.29, 1.82) is 0 Å². The average molecular weight is 201 g/mol. The van der Waals surface area contributed by atoms with Crippen LogP contribution in [0.25, 0.3) is 0 Å². The van der Waals surface area contributed by atoms with Gasteiger partial charge < -0.3 is 14.7 Å². The largest absolute Gasteiger partial charge is 0.481 e. The number of amides is 1. The third-order valence-electron chi connectivity index (χ3n) is 2.33. The second kappa shape index (κ2) is 4.95. The van der Waals surface area contributed by atoms with Gasteiger partial charge in [-0.15, -0.1) is 0 Å². The molecule has 0 aliphatic carbocycles. The smallest absolute Gasteiger partial charge is 0.306 e. The van der Waals surface area contributed by atoms with E-state index in [1.807, 2.05) is 0 Å². The van der Waals surface area contributed by atoms with Crippen LogP contribution in [0.3, 0.4) is 0 Å². The van der Waals surface area contributed by atoms with Crippen molar-refractivity contribution in [3.05, 3.63) is 0 Å². The van der Waals surface area contributed by atoms with Crippen molar-refractivity contribution in [1.82, 2.24) is 4.90 Å². The van der Waals surface area contributed by atoms with E-state index in [1.54, 1.807) is 4.90 Å². The van der Waals surface area contributed by atoms with Crippen LogP contribution in [-0.4, -0.2) is 48.2 Å². The van der Waals surface area contributed by atoms with Crippen LogP contribution in [0.1, 0.15) is 19.3 Å². The molecule has 0 aromatic carbocycles. The zero-order valence-corrected chi connectivity index (χ0v) is 8.23. The molecule has 1 unspecified atom stereocenters. The van der Waals surface area contributed by atoms with Gasteiger partial charge in [0.15, 0.2) is 0 Å². The summed E-state index contributed by atoms with van der Waals surface area (Å²) in [5.74, 6) is -0.805. The Morgan fingerprint density at radius 3 is 2.86 bits per heavy atom. The van der Waals surface area contributed by atoms with E-state index in [-0.39, 0.29) is 12.3 Å². The first-order chi connectivity index (χ1) is 6.63. The molecule has 0 aromatic heterocycles. The fourth-order valence-corrected chi connectivity index (χ4v) is 1.56. The molecule has 1 amide bonds. The number of ether oxygens (including phenoxy) is 1. The molecular weight excluding hydrogens is 186 g/mol. The summed E-state index contributed by atoms with van der Waals surface area (Å²) in [6.45, 7) is 1.11. The highest BCUT2D eigenvalue weighted by molar-refractivity contribution is 5.78. The first-order valence-electron chi connectivity index (χ1n) is 4.66. The van der Waals surface area contributed by atoms with Crippen LogP contribution < -0.4 is 0 Å². The molecule has 0 spiro atoms. The van der Waals surface area contributed by atoms with Crippen molar-refractivity contribution in [3.8, 4) is 0 Å². The predicted molar refractivity (Wildman–Crippen MR) is 48.9 cm³/mol. The number of hydrogen-bond donors (Lipinski definition) is 1. The Bertz CT molecular complexity index is 229. The molecule has 0 saturated carbocycles. The number of carbonyl (C=O) groups is 2. The van der Waals surface area contributed by atoms with Gasteiger partial charge in [-0.1, -0.05) is 0 Å². The summed E-state index contributed by atoms with van der Waals surface area (Å²) in [6.07, 6.45) is 0.987. The van der Waals surface area contributed by atoms with E-state index in [2.05, 4.69) is 0 Å². The molecule has 1 heterocycles. The van der Waals surface area contributed by atoms with Crippen LogP contribution in [-0.2, 0) is 14.3 Å². The van der Waals surface area contributed by atoms with Crippen molar-refractivity contribution in [2.45, 2.75) is 25.4 Å². The highest BCUT2D eigenvalue weighted by atomic mass is 16.5. The minimum absolute atomic E-state index is 0.0553. The van der Waals surface area contributed by atoms with Crippen molar-refractivity contribution < 1.29 is 19.4 Å². The van der Waals surface area contributed by atoms with E-state index in [9.17, 15) is 9.59 Å². The third-order valence-corrected chi connectivity index (χ3v) is 2.33. The zero-order chi connectivity index (χ0) is 10.6. The molecule has 1 aliphatic rings. The third kappa shape index (κ3) is 2.99. The number of nitrogens with zero attached hydrogens (tertiary/aromatic N) is 1. The van der Waals surface area contributed by atoms with E-state index in [1.165, 1.54) is 7.11 Å². The van der Waals surface area contributed by atoms with Crippen molar-refractivity contribution >= 4 is 11.9 Å². The minimum Gasteiger partial charge on any atom is -0.481 e. The molecule has 14 heavy (non-hydrogen) atoms. The summed E-state index contributed by atoms with van der Waals surface area (Å²) in [5, 5.41) is 8.57. The number of carboxylic acid groups (broad SMARTS) is 1. The standard InChI is InChI=1S/C9H15NO4/c1-14-7(5-9(12)13)6-10-4-2-3-8(10)11/h7H,2-6H2,1H3,(H,12,13). The van der Waals surface area contributed by atoms with Crippen LogP contribution in [0.5, 0.6) is 0 Å². The SMILES string of the molecule is COC(CC(=O)O)CN1CCCC1=O. The summed E-state index contributed by atoms with van der Waals surface area (Å²) in [4.78, 5) is 23.3. The Balaban J connectivity index is 2.39. The maximum Gasteiger partial charge on any atom is 0.306 e. The van der Waals surface area contributed by atoms with Gasteiger partial charge in [0, 0.05) is 26.6 Å². The molecule has 0 radical (unpaired) electrons. The van der Waals surface area contributed by atoms with Crippen LogP contribution in [0, 0.1) is 0 Å². The monoisotopic (exact) mass is 201 g/mol. The lowest BCUT2D eigenvalue weighted by molar-refractivity contribution is -0.141. The second-order valence-corrected chi connectivity index (χ2v) is 3.40. The Hall–Kier alpha value is -1.10. The van der Waals surface area contributed by atoms with Gasteiger partial charge in [-0.2, -0.15) is 0 Å². The molecular formula is C9H15NO4. The average Bonchev–Trinajstić information content (AvgIpc) is 2.50. The Morgan fingerprint density at radius 1 is 1.71 bits per heavy atom. The van der Waals surface area contributed by atoms with Gasteiger partial charge in [0.2, 0.25) is 5.91 Å². The van der Waals surface area contributed by atoms with E-state index in [4.69, 9.17) is 9.84 Å². The number of likely N-dealkylation sites (tertiary alicyclic amines) is 1. The lowest BCUT2D eigenvalue weighted by atomic mass is 10.2. The molecule has 1 saturated heterocycles. The number of carboxylic acids is 1. The van der Waals surface area contributed by atoms with Gasteiger partial charge in [-0.05, 0) is 6.42 Å². The van der Waals surface area contributed by atoms with Gasteiger partial charge >= 0.3 is 5.97 Å². The molecule has 1 N–H and O–H groups in total. The fraction of sp³-hybridized carbons (Fsp3) is 0.778. The topological polar surface area (TPSA) is 66.8 Å². The molecule has 1 atom stereocenters. The van der Waals surface area contributed by atoms with Crippen LogP contribution in [0.4, 0.5) is 0 Å². The number of aliphatic carboxylic acids is 1. The molecule has 1 fully saturated rings. The molecule has 5 nitrogen and oxygen atoms in total. The van der Waals surface area contributed by atoms with Gasteiger partial charge in [-0.3, -0.25) is 9.59 Å². The summed E-state index contributed by atoms with van der Waals surface area (Å²) < 4.78 is 5.00. The maximum atomic E-state index is 11.2. The van der Waals surface area contributed by atoms with Crippen molar-refractivity contribution in [2.24, 2.45) is 0 Å². The summed E-state index contributed by atoms with van der Waals surface area (Å²) in [7, 11) is 1.47. The lowest BCUT2D eigenvalue weighted by Gasteiger charge is -2.21. The Morgan fingerprint density at radius 2 is 2.43 bits per heavy atom. The highest BCUT2D eigenvalue weighted by Gasteiger charge is 2.24.